The standard InChI is InChI=1S/C16H29N5O2S/c1-12-11-20-13(24-12)7-8-18-14(17-5)19-9-10-21(6)15(22)23-16(2,3)4/h11H,7-10H2,1-6H3,(H2,17,18,19). The Labute approximate surface area is 148 Å². The Balaban J connectivity index is 2.25. The molecule has 1 heterocycles. The van der Waals surface area contributed by atoms with Gasteiger partial charge in [-0.1, -0.05) is 0 Å². The van der Waals surface area contributed by atoms with Gasteiger partial charge in [0, 0.05) is 51.2 Å². The molecule has 136 valence electrons. The summed E-state index contributed by atoms with van der Waals surface area (Å²) in [6, 6.07) is 0. The van der Waals surface area contributed by atoms with Crippen molar-refractivity contribution >= 4 is 23.4 Å². The molecule has 2 N–H and O–H groups in total. The second kappa shape index (κ2) is 9.46. The van der Waals surface area contributed by atoms with E-state index in [9.17, 15) is 4.79 Å². The molecule has 24 heavy (non-hydrogen) atoms. The van der Waals surface area contributed by atoms with Crippen molar-refractivity contribution in [1.82, 2.24) is 20.5 Å². The quantitative estimate of drug-likeness (QED) is 0.603. The molecule has 0 bridgehead atoms. The van der Waals surface area contributed by atoms with Gasteiger partial charge in [-0.2, -0.15) is 0 Å². The molecule has 1 rings (SSSR count). The first-order chi connectivity index (χ1) is 11.2. The monoisotopic (exact) mass is 355 g/mol. The SMILES string of the molecule is CN=C(NCCc1ncc(C)s1)NCCN(C)C(=O)OC(C)(C)C. The molecule has 0 aromatic carbocycles. The van der Waals surface area contributed by atoms with E-state index in [2.05, 4.69) is 27.5 Å². The second-order valence-corrected chi connectivity index (χ2v) is 7.76. The van der Waals surface area contributed by atoms with Crippen molar-refractivity contribution in [2.75, 3.05) is 33.7 Å². The van der Waals surface area contributed by atoms with Crippen LogP contribution in [0.5, 0.6) is 0 Å². The number of aromatic nitrogens is 1. The van der Waals surface area contributed by atoms with E-state index in [1.807, 2.05) is 27.0 Å². The van der Waals surface area contributed by atoms with Gasteiger partial charge in [0.1, 0.15) is 5.60 Å². The number of amides is 1. The van der Waals surface area contributed by atoms with Gasteiger partial charge >= 0.3 is 6.09 Å². The third-order valence-electron chi connectivity index (χ3n) is 2.97. The summed E-state index contributed by atoms with van der Waals surface area (Å²) in [5.74, 6) is 0.709. The fraction of sp³-hybridized carbons (Fsp3) is 0.688. The number of thiazole rings is 1. The zero-order valence-electron chi connectivity index (χ0n) is 15.5. The molecule has 8 heteroatoms. The highest BCUT2D eigenvalue weighted by atomic mass is 32.1. The highest BCUT2D eigenvalue weighted by Gasteiger charge is 2.19. The molecular formula is C16H29N5O2S. The van der Waals surface area contributed by atoms with Gasteiger partial charge in [0.05, 0.1) is 5.01 Å². The highest BCUT2D eigenvalue weighted by Crippen LogP contribution is 2.11. The average Bonchev–Trinajstić information content (AvgIpc) is 2.89. The van der Waals surface area contributed by atoms with Crippen molar-refractivity contribution in [3.05, 3.63) is 16.1 Å². The van der Waals surface area contributed by atoms with Gasteiger partial charge in [-0.15, -0.1) is 11.3 Å². The molecule has 0 saturated carbocycles. The van der Waals surface area contributed by atoms with E-state index in [-0.39, 0.29) is 6.09 Å². The van der Waals surface area contributed by atoms with Gasteiger partial charge < -0.3 is 20.3 Å². The number of nitrogens with zero attached hydrogens (tertiary/aromatic N) is 3. The van der Waals surface area contributed by atoms with Crippen LogP contribution in [0.3, 0.4) is 0 Å². The summed E-state index contributed by atoms with van der Waals surface area (Å²) >= 11 is 1.71. The fourth-order valence-electron chi connectivity index (χ4n) is 1.80. The third kappa shape index (κ3) is 8.14. The molecule has 1 aromatic rings. The van der Waals surface area contributed by atoms with E-state index in [4.69, 9.17) is 4.74 Å². The zero-order valence-corrected chi connectivity index (χ0v) is 16.3. The number of hydrogen-bond donors (Lipinski definition) is 2. The minimum Gasteiger partial charge on any atom is -0.444 e. The first-order valence-electron chi connectivity index (χ1n) is 8.01. The molecule has 1 aromatic heterocycles. The van der Waals surface area contributed by atoms with Crippen LogP contribution >= 0.6 is 11.3 Å². The number of likely N-dealkylation sites (N-methyl/N-ethyl adjacent to an activating group) is 1. The van der Waals surface area contributed by atoms with E-state index in [0.717, 1.165) is 18.0 Å². The minimum absolute atomic E-state index is 0.327. The molecule has 1 amide bonds. The number of carbonyl (C=O) groups excluding carboxylic acids is 1. The summed E-state index contributed by atoms with van der Waals surface area (Å²) in [6.45, 7) is 9.49. The van der Waals surface area contributed by atoms with Gasteiger partial charge in [0.2, 0.25) is 0 Å². The molecule has 0 unspecified atom stereocenters. The molecule has 7 nitrogen and oxygen atoms in total. The van der Waals surface area contributed by atoms with E-state index in [0.29, 0.717) is 19.0 Å². The van der Waals surface area contributed by atoms with Crippen molar-refractivity contribution in [3.63, 3.8) is 0 Å². The lowest BCUT2D eigenvalue weighted by Crippen LogP contribution is -2.43. The average molecular weight is 356 g/mol. The predicted octanol–water partition coefficient (Wildman–Crippen LogP) is 2.03. The largest absolute Gasteiger partial charge is 0.444 e. The summed E-state index contributed by atoms with van der Waals surface area (Å²) < 4.78 is 5.31. The Morgan fingerprint density at radius 2 is 2.04 bits per heavy atom. The Morgan fingerprint density at radius 1 is 1.38 bits per heavy atom. The maximum Gasteiger partial charge on any atom is 0.410 e. The summed E-state index contributed by atoms with van der Waals surface area (Å²) in [7, 11) is 3.44. The van der Waals surface area contributed by atoms with Crippen LogP contribution in [-0.4, -0.2) is 61.3 Å². The first-order valence-corrected chi connectivity index (χ1v) is 8.83. The predicted molar refractivity (Wildman–Crippen MR) is 98.8 cm³/mol. The molecule has 0 fully saturated rings. The summed E-state index contributed by atoms with van der Waals surface area (Å²) in [5, 5.41) is 7.53. The Hall–Kier alpha value is -1.83. The Bertz CT molecular complexity index is 551. The number of rotatable bonds is 6. The molecule has 0 radical (unpaired) electrons. The molecule has 0 atom stereocenters. The normalized spacial score (nSPS) is 12.0. The molecule has 0 saturated heterocycles. The van der Waals surface area contributed by atoms with Crippen LogP contribution in [0.15, 0.2) is 11.2 Å². The molecule has 0 aliphatic rings. The maximum absolute atomic E-state index is 11.9. The van der Waals surface area contributed by atoms with Gasteiger partial charge in [0.15, 0.2) is 5.96 Å². The van der Waals surface area contributed by atoms with Crippen LogP contribution in [0.1, 0.15) is 30.7 Å². The highest BCUT2D eigenvalue weighted by molar-refractivity contribution is 7.11. The van der Waals surface area contributed by atoms with E-state index >= 15 is 0 Å². The lowest BCUT2D eigenvalue weighted by atomic mass is 10.2. The van der Waals surface area contributed by atoms with E-state index < -0.39 is 5.60 Å². The van der Waals surface area contributed by atoms with Crippen molar-refractivity contribution in [3.8, 4) is 0 Å². The maximum atomic E-state index is 11.9. The number of hydrogen-bond acceptors (Lipinski definition) is 5. The molecule has 0 aliphatic heterocycles. The van der Waals surface area contributed by atoms with Gasteiger partial charge in [-0.05, 0) is 27.7 Å². The second-order valence-electron chi connectivity index (χ2n) is 6.44. The number of nitrogens with one attached hydrogen (secondary N) is 2. The van der Waals surface area contributed by atoms with Crippen LogP contribution in [0.2, 0.25) is 0 Å². The van der Waals surface area contributed by atoms with Gasteiger partial charge in [0.25, 0.3) is 0 Å². The Kier molecular flexibility index (Phi) is 7.97. The molecule has 0 spiro atoms. The topological polar surface area (TPSA) is 78.9 Å². The van der Waals surface area contributed by atoms with Crippen LogP contribution < -0.4 is 10.6 Å². The molecule has 0 aliphatic carbocycles. The smallest absolute Gasteiger partial charge is 0.410 e. The van der Waals surface area contributed by atoms with Crippen LogP contribution in [0.4, 0.5) is 4.79 Å². The van der Waals surface area contributed by atoms with Gasteiger partial charge in [-0.25, -0.2) is 9.78 Å². The summed E-state index contributed by atoms with van der Waals surface area (Å²) in [5.41, 5.74) is -0.482. The number of aliphatic imine (C=N–C) groups is 1. The number of aryl methyl sites for hydroxylation is 1. The van der Waals surface area contributed by atoms with Crippen LogP contribution in [0.25, 0.3) is 0 Å². The lowest BCUT2D eigenvalue weighted by molar-refractivity contribution is 0.0302. The van der Waals surface area contributed by atoms with Crippen molar-refractivity contribution in [1.29, 1.82) is 0 Å². The zero-order chi connectivity index (χ0) is 18.2. The van der Waals surface area contributed by atoms with Crippen molar-refractivity contribution < 1.29 is 9.53 Å². The van der Waals surface area contributed by atoms with Gasteiger partial charge in [-0.3, -0.25) is 4.99 Å². The van der Waals surface area contributed by atoms with Crippen LogP contribution in [-0.2, 0) is 11.2 Å². The molecular weight excluding hydrogens is 326 g/mol. The van der Waals surface area contributed by atoms with E-state index in [1.165, 1.54) is 4.88 Å². The summed E-state index contributed by atoms with van der Waals surface area (Å²) in [6.07, 6.45) is 2.42. The number of carbonyl (C=O) groups is 1. The number of ether oxygens (including phenoxy) is 1. The number of guanidine groups is 1. The first kappa shape index (κ1) is 20.2. The van der Waals surface area contributed by atoms with Crippen molar-refractivity contribution in [2.45, 2.75) is 39.7 Å². The third-order valence-corrected chi connectivity index (χ3v) is 3.94. The minimum atomic E-state index is -0.482. The van der Waals surface area contributed by atoms with Crippen molar-refractivity contribution in [2.24, 2.45) is 4.99 Å². The summed E-state index contributed by atoms with van der Waals surface area (Å²) in [4.78, 5) is 23.1. The lowest BCUT2D eigenvalue weighted by Gasteiger charge is -2.24. The van der Waals surface area contributed by atoms with Crippen LogP contribution in [0, 0.1) is 6.92 Å². The Morgan fingerprint density at radius 3 is 2.58 bits per heavy atom. The van der Waals surface area contributed by atoms with E-state index in [1.54, 1.807) is 30.3 Å². The fourth-order valence-corrected chi connectivity index (χ4v) is 2.59.